The largest absolute Gasteiger partial charge is 0.342 e. The number of aryl methyl sites for hydroxylation is 1. The lowest BCUT2D eigenvalue weighted by atomic mass is 9.76. The van der Waals surface area contributed by atoms with E-state index >= 15 is 0 Å². The lowest BCUT2D eigenvalue weighted by Crippen LogP contribution is -2.19. The summed E-state index contributed by atoms with van der Waals surface area (Å²) in [7, 11) is 0. The highest BCUT2D eigenvalue weighted by molar-refractivity contribution is 5.75. The monoisotopic (exact) mass is 396 g/mol. The Kier molecular flexibility index (Phi) is 4.37. The molecule has 2 fully saturated rings. The number of hydrogen-bond acceptors (Lipinski definition) is 1. The van der Waals surface area contributed by atoms with Crippen LogP contribution in [0.25, 0.3) is 22.4 Å². The molecule has 6 rings (SSSR count). The number of rotatable bonds is 3. The summed E-state index contributed by atoms with van der Waals surface area (Å²) in [6, 6.07) is 14.0. The van der Waals surface area contributed by atoms with Crippen LogP contribution in [0.3, 0.4) is 0 Å². The van der Waals surface area contributed by atoms with E-state index in [4.69, 9.17) is 4.98 Å². The van der Waals surface area contributed by atoms with Crippen molar-refractivity contribution in [2.75, 3.05) is 0 Å². The first kappa shape index (κ1) is 18.4. The highest BCUT2D eigenvalue weighted by Crippen LogP contribution is 2.54. The van der Waals surface area contributed by atoms with Gasteiger partial charge in [0.2, 0.25) is 0 Å². The first-order chi connectivity index (χ1) is 14.7. The molecule has 2 aromatic carbocycles. The van der Waals surface area contributed by atoms with E-state index in [9.17, 15) is 0 Å². The summed E-state index contributed by atoms with van der Waals surface area (Å²) in [6.07, 6.45) is 15.5. The van der Waals surface area contributed by atoms with Crippen LogP contribution in [0.5, 0.6) is 0 Å². The van der Waals surface area contributed by atoms with Crippen LogP contribution in [-0.2, 0) is 11.8 Å². The zero-order valence-electron chi connectivity index (χ0n) is 18.1. The van der Waals surface area contributed by atoms with E-state index in [1.54, 1.807) is 11.1 Å². The molecule has 0 atom stereocenters. The summed E-state index contributed by atoms with van der Waals surface area (Å²) in [5.74, 6) is 1.82. The zero-order valence-corrected chi connectivity index (χ0v) is 18.1. The smallest absolute Gasteiger partial charge is 0.109 e. The number of imidazole rings is 1. The van der Waals surface area contributed by atoms with E-state index in [1.807, 2.05) is 6.20 Å². The number of aromatic amines is 1. The molecule has 0 amide bonds. The van der Waals surface area contributed by atoms with Crippen molar-refractivity contribution in [2.24, 2.45) is 0 Å². The number of benzene rings is 2. The van der Waals surface area contributed by atoms with Crippen LogP contribution in [0.15, 0.2) is 42.6 Å². The molecule has 1 aromatic heterocycles. The van der Waals surface area contributed by atoms with Crippen molar-refractivity contribution < 1.29 is 0 Å². The summed E-state index contributed by atoms with van der Waals surface area (Å²) in [5, 5.41) is 0. The van der Waals surface area contributed by atoms with Gasteiger partial charge in [-0.25, -0.2) is 4.98 Å². The molecule has 1 spiro atoms. The van der Waals surface area contributed by atoms with Gasteiger partial charge in [0, 0.05) is 5.92 Å². The Morgan fingerprint density at radius 1 is 0.867 bits per heavy atom. The Hall–Kier alpha value is -2.35. The van der Waals surface area contributed by atoms with Gasteiger partial charge in [-0.1, -0.05) is 62.1 Å². The van der Waals surface area contributed by atoms with E-state index in [0.29, 0.717) is 11.3 Å². The van der Waals surface area contributed by atoms with Crippen molar-refractivity contribution in [3.8, 4) is 22.4 Å². The maximum Gasteiger partial charge on any atom is 0.109 e. The number of H-pyrrole nitrogens is 1. The lowest BCUT2D eigenvalue weighted by molar-refractivity contribution is 0.440. The van der Waals surface area contributed by atoms with Crippen LogP contribution in [0.4, 0.5) is 0 Å². The Bertz CT molecular complexity index is 1060. The van der Waals surface area contributed by atoms with Gasteiger partial charge < -0.3 is 4.98 Å². The first-order valence-corrected chi connectivity index (χ1v) is 12.0. The van der Waals surface area contributed by atoms with E-state index in [1.165, 1.54) is 92.3 Å². The van der Waals surface area contributed by atoms with Crippen molar-refractivity contribution >= 4 is 0 Å². The fourth-order valence-electron chi connectivity index (χ4n) is 6.68. The molecule has 0 saturated heterocycles. The third-order valence-electron chi connectivity index (χ3n) is 8.34. The molecule has 2 heteroatoms. The summed E-state index contributed by atoms with van der Waals surface area (Å²) < 4.78 is 0. The number of hydrogen-bond donors (Lipinski definition) is 1. The van der Waals surface area contributed by atoms with Gasteiger partial charge in [0.05, 0.1) is 11.9 Å². The van der Waals surface area contributed by atoms with Crippen molar-refractivity contribution in [1.29, 1.82) is 0 Å². The second-order valence-corrected chi connectivity index (χ2v) is 10.0. The fourth-order valence-corrected chi connectivity index (χ4v) is 6.68. The molecular formula is C28H32N2. The molecule has 3 aromatic rings. The Morgan fingerprint density at radius 2 is 1.60 bits per heavy atom. The Labute approximate surface area is 180 Å². The molecule has 0 bridgehead atoms. The molecule has 3 aliphatic carbocycles. The number of nitrogens with zero attached hydrogens (tertiary/aromatic N) is 1. The molecule has 2 saturated carbocycles. The van der Waals surface area contributed by atoms with Gasteiger partial charge in [-0.15, -0.1) is 0 Å². The molecule has 30 heavy (non-hydrogen) atoms. The Balaban J connectivity index is 1.35. The minimum absolute atomic E-state index is 0.453. The molecule has 0 unspecified atom stereocenters. The number of nitrogens with one attached hydrogen (secondary N) is 1. The predicted octanol–water partition coefficient (Wildman–Crippen LogP) is 7.47. The molecule has 0 radical (unpaired) electrons. The van der Waals surface area contributed by atoms with Crippen LogP contribution in [0.2, 0.25) is 0 Å². The SMILES string of the molecule is Cc1ccc(-c2ccc(-c3cnc(C4CCCC4)[nH]3)cc2)c2c1CCC21CCCC1. The second kappa shape index (κ2) is 7.11. The highest BCUT2D eigenvalue weighted by Gasteiger charge is 2.43. The third-order valence-corrected chi connectivity index (χ3v) is 8.34. The quantitative estimate of drug-likeness (QED) is 0.489. The average molecular weight is 397 g/mol. The van der Waals surface area contributed by atoms with E-state index < -0.39 is 0 Å². The standard InChI is InChI=1S/C28H32N2/c1-19-8-13-24(26-23(19)14-17-28(26)15-4-5-16-28)20-9-11-21(12-10-20)25-18-29-27(30-25)22-6-2-3-7-22/h8-13,18,22H,2-7,14-17H2,1H3,(H,29,30). The molecule has 0 aliphatic heterocycles. The normalized spacial score (nSPS) is 20.3. The molecule has 3 aliphatic rings. The second-order valence-electron chi connectivity index (χ2n) is 10.0. The summed E-state index contributed by atoms with van der Waals surface area (Å²) in [5.41, 5.74) is 10.5. The van der Waals surface area contributed by atoms with Crippen LogP contribution >= 0.6 is 0 Å². The van der Waals surface area contributed by atoms with Crippen LogP contribution < -0.4 is 0 Å². The van der Waals surface area contributed by atoms with Gasteiger partial charge >= 0.3 is 0 Å². The lowest BCUT2D eigenvalue weighted by Gasteiger charge is -2.27. The summed E-state index contributed by atoms with van der Waals surface area (Å²) in [4.78, 5) is 8.31. The fraction of sp³-hybridized carbons (Fsp3) is 0.464. The van der Waals surface area contributed by atoms with E-state index in [-0.39, 0.29) is 0 Å². The molecule has 154 valence electrons. The zero-order chi connectivity index (χ0) is 20.1. The van der Waals surface area contributed by atoms with Crippen LogP contribution in [-0.4, -0.2) is 9.97 Å². The van der Waals surface area contributed by atoms with Crippen molar-refractivity contribution in [2.45, 2.75) is 82.5 Å². The molecule has 2 nitrogen and oxygen atoms in total. The van der Waals surface area contributed by atoms with E-state index in [2.05, 4.69) is 48.3 Å². The molecule has 1 N–H and O–H groups in total. The van der Waals surface area contributed by atoms with Crippen molar-refractivity contribution in [1.82, 2.24) is 9.97 Å². The van der Waals surface area contributed by atoms with E-state index in [0.717, 1.165) is 5.69 Å². The summed E-state index contributed by atoms with van der Waals surface area (Å²) in [6.45, 7) is 2.31. The minimum atomic E-state index is 0.453. The van der Waals surface area contributed by atoms with Crippen LogP contribution in [0.1, 0.15) is 86.2 Å². The van der Waals surface area contributed by atoms with Gasteiger partial charge in [-0.05, 0) is 84.2 Å². The maximum atomic E-state index is 4.70. The van der Waals surface area contributed by atoms with Gasteiger partial charge in [-0.2, -0.15) is 0 Å². The topological polar surface area (TPSA) is 28.7 Å². The number of fused-ring (bicyclic) bond motifs is 2. The van der Waals surface area contributed by atoms with Gasteiger partial charge in [0.25, 0.3) is 0 Å². The van der Waals surface area contributed by atoms with Crippen LogP contribution in [0, 0.1) is 6.92 Å². The average Bonchev–Trinajstić information content (AvgIpc) is 3.58. The van der Waals surface area contributed by atoms with Crippen molar-refractivity contribution in [3.63, 3.8) is 0 Å². The highest BCUT2D eigenvalue weighted by atomic mass is 14.9. The molecule has 1 heterocycles. The van der Waals surface area contributed by atoms with Crippen molar-refractivity contribution in [3.05, 3.63) is 65.1 Å². The van der Waals surface area contributed by atoms with Gasteiger partial charge in [0.1, 0.15) is 5.82 Å². The predicted molar refractivity (Wildman–Crippen MR) is 124 cm³/mol. The summed E-state index contributed by atoms with van der Waals surface area (Å²) >= 11 is 0. The first-order valence-electron chi connectivity index (χ1n) is 12.0. The third kappa shape index (κ3) is 2.87. The molecular weight excluding hydrogens is 364 g/mol. The van der Waals surface area contributed by atoms with Gasteiger partial charge in [-0.3, -0.25) is 0 Å². The maximum absolute atomic E-state index is 4.70. The minimum Gasteiger partial charge on any atom is -0.342 e. The number of aromatic nitrogens is 2. The Morgan fingerprint density at radius 3 is 2.37 bits per heavy atom. The van der Waals surface area contributed by atoms with Gasteiger partial charge in [0.15, 0.2) is 0 Å².